The van der Waals surface area contributed by atoms with Gasteiger partial charge in [0.15, 0.2) is 0 Å². The van der Waals surface area contributed by atoms with E-state index in [1.54, 1.807) is 0 Å². The van der Waals surface area contributed by atoms with Crippen molar-refractivity contribution in [3.05, 3.63) is 29.8 Å². The molecule has 2 nitrogen and oxygen atoms in total. The molecular weight excluding hydrogens is 243 g/mol. The van der Waals surface area contributed by atoms with Gasteiger partial charge in [-0.05, 0) is 30.5 Å². The Hall–Kier alpha value is -1.23. The number of anilines is 1. The summed E-state index contributed by atoms with van der Waals surface area (Å²) in [5.74, 6) is 0. The Morgan fingerprint density at radius 1 is 1.17 bits per heavy atom. The highest BCUT2D eigenvalue weighted by atomic mass is 19.4. The minimum absolute atomic E-state index is 0.111. The van der Waals surface area contributed by atoms with E-state index in [2.05, 4.69) is 17.0 Å². The molecule has 0 unspecified atom stereocenters. The standard InChI is InChI=1S/C13H18F3NO/c1-2-11-4-6-12(7-5-11)17-8-3-9-18-10-13(14,15)16/h4-7,17H,2-3,8-10H2,1H3. The predicted octanol–water partition coefficient (Wildman–Crippen LogP) is 3.63. The van der Waals surface area contributed by atoms with Gasteiger partial charge in [-0.25, -0.2) is 0 Å². The zero-order valence-corrected chi connectivity index (χ0v) is 10.4. The maximum absolute atomic E-state index is 11.8. The van der Waals surface area contributed by atoms with Gasteiger partial charge in [0.25, 0.3) is 0 Å². The molecule has 18 heavy (non-hydrogen) atoms. The molecule has 0 aliphatic heterocycles. The highest BCUT2D eigenvalue weighted by Gasteiger charge is 2.27. The molecule has 0 aliphatic carbocycles. The summed E-state index contributed by atoms with van der Waals surface area (Å²) >= 11 is 0. The smallest absolute Gasteiger partial charge is 0.385 e. The maximum Gasteiger partial charge on any atom is 0.411 e. The van der Waals surface area contributed by atoms with Gasteiger partial charge < -0.3 is 10.1 Å². The Labute approximate surface area is 105 Å². The summed E-state index contributed by atoms with van der Waals surface area (Å²) in [6.45, 7) is 1.63. The van der Waals surface area contributed by atoms with E-state index in [4.69, 9.17) is 0 Å². The van der Waals surface area contributed by atoms with Gasteiger partial charge in [-0.2, -0.15) is 13.2 Å². The average Bonchev–Trinajstić information content (AvgIpc) is 2.33. The first-order valence-corrected chi connectivity index (χ1v) is 5.98. The fourth-order valence-corrected chi connectivity index (χ4v) is 1.45. The van der Waals surface area contributed by atoms with Crippen molar-refractivity contribution in [3.8, 4) is 0 Å². The first-order valence-electron chi connectivity index (χ1n) is 5.98. The Morgan fingerprint density at radius 2 is 1.83 bits per heavy atom. The molecule has 0 aromatic heterocycles. The molecule has 0 atom stereocenters. The van der Waals surface area contributed by atoms with Crippen molar-refractivity contribution < 1.29 is 17.9 Å². The summed E-state index contributed by atoms with van der Waals surface area (Å²) in [5.41, 5.74) is 2.23. The van der Waals surface area contributed by atoms with Crippen LogP contribution in [-0.4, -0.2) is 25.9 Å². The largest absolute Gasteiger partial charge is 0.411 e. The molecule has 0 amide bonds. The van der Waals surface area contributed by atoms with Crippen molar-refractivity contribution in [3.63, 3.8) is 0 Å². The van der Waals surface area contributed by atoms with Crippen LogP contribution in [0.5, 0.6) is 0 Å². The van der Waals surface area contributed by atoms with E-state index in [-0.39, 0.29) is 6.61 Å². The van der Waals surface area contributed by atoms with Gasteiger partial charge in [-0.15, -0.1) is 0 Å². The summed E-state index contributed by atoms with van der Waals surface area (Å²) in [4.78, 5) is 0. The topological polar surface area (TPSA) is 21.3 Å². The Kier molecular flexibility index (Phi) is 5.98. The third-order valence-corrected chi connectivity index (χ3v) is 2.42. The SMILES string of the molecule is CCc1ccc(NCCCOCC(F)(F)F)cc1. The molecule has 1 aromatic rings. The minimum Gasteiger partial charge on any atom is -0.385 e. The lowest BCUT2D eigenvalue weighted by atomic mass is 10.1. The van der Waals surface area contributed by atoms with Crippen LogP contribution in [0, 0.1) is 0 Å². The quantitative estimate of drug-likeness (QED) is 0.757. The van der Waals surface area contributed by atoms with Crippen LogP contribution < -0.4 is 5.32 Å². The lowest BCUT2D eigenvalue weighted by molar-refractivity contribution is -0.173. The number of benzene rings is 1. The number of ether oxygens (including phenoxy) is 1. The molecule has 1 aromatic carbocycles. The van der Waals surface area contributed by atoms with Gasteiger partial charge in [-0.1, -0.05) is 19.1 Å². The Morgan fingerprint density at radius 3 is 2.39 bits per heavy atom. The maximum atomic E-state index is 11.8. The van der Waals surface area contributed by atoms with Crippen molar-refractivity contribution in [2.45, 2.75) is 25.9 Å². The van der Waals surface area contributed by atoms with Crippen LogP contribution in [0.2, 0.25) is 0 Å². The number of rotatable bonds is 7. The molecule has 0 aliphatic rings. The van der Waals surface area contributed by atoms with E-state index in [1.807, 2.05) is 24.3 Å². The van der Waals surface area contributed by atoms with Gasteiger partial charge in [0.2, 0.25) is 0 Å². The molecule has 5 heteroatoms. The monoisotopic (exact) mass is 261 g/mol. The molecule has 0 saturated carbocycles. The first-order chi connectivity index (χ1) is 8.51. The number of alkyl halides is 3. The molecule has 1 rings (SSSR count). The van der Waals surface area contributed by atoms with Crippen LogP contribution in [-0.2, 0) is 11.2 Å². The van der Waals surface area contributed by atoms with E-state index in [0.717, 1.165) is 12.1 Å². The van der Waals surface area contributed by atoms with Gasteiger partial charge in [0, 0.05) is 18.8 Å². The van der Waals surface area contributed by atoms with Crippen LogP contribution in [0.4, 0.5) is 18.9 Å². The highest BCUT2D eigenvalue weighted by Crippen LogP contribution is 2.14. The van der Waals surface area contributed by atoms with Crippen molar-refractivity contribution in [1.29, 1.82) is 0 Å². The highest BCUT2D eigenvalue weighted by molar-refractivity contribution is 5.44. The third kappa shape index (κ3) is 6.49. The average molecular weight is 261 g/mol. The molecule has 0 fully saturated rings. The van der Waals surface area contributed by atoms with Gasteiger partial charge in [-0.3, -0.25) is 0 Å². The number of nitrogens with one attached hydrogen (secondary N) is 1. The number of hydrogen-bond donors (Lipinski definition) is 1. The zero-order chi connectivity index (χ0) is 13.4. The van der Waals surface area contributed by atoms with Gasteiger partial charge >= 0.3 is 6.18 Å². The van der Waals surface area contributed by atoms with E-state index in [9.17, 15) is 13.2 Å². The predicted molar refractivity (Wildman–Crippen MR) is 65.8 cm³/mol. The molecule has 0 radical (unpaired) electrons. The van der Waals surface area contributed by atoms with Crippen LogP contribution in [0.25, 0.3) is 0 Å². The summed E-state index contributed by atoms with van der Waals surface area (Å²) in [5, 5.41) is 3.13. The fourth-order valence-electron chi connectivity index (χ4n) is 1.45. The first kappa shape index (κ1) is 14.8. The van der Waals surface area contributed by atoms with E-state index >= 15 is 0 Å². The molecule has 0 bridgehead atoms. The van der Waals surface area contributed by atoms with Gasteiger partial charge in [0.05, 0.1) is 0 Å². The lowest BCUT2D eigenvalue weighted by Gasteiger charge is -2.09. The summed E-state index contributed by atoms with van der Waals surface area (Å²) < 4.78 is 39.8. The van der Waals surface area contributed by atoms with E-state index < -0.39 is 12.8 Å². The second-order valence-corrected chi connectivity index (χ2v) is 4.00. The van der Waals surface area contributed by atoms with Gasteiger partial charge in [0.1, 0.15) is 6.61 Å². The molecule has 0 spiro atoms. The summed E-state index contributed by atoms with van der Waals surface area (Å²) in [6, 6.07) is 8.00. The second-order valence-electron chi connectivity index (χ2n) is 4.00. The molecule has 1 N–H and O–H groups in total. The van der Waals surface area contributed by atoms with Crippen LogP contribution in [0.3, 0.4) is 0 Å². The van der Waals surface area contributed by atoms with Crippen molar-refractivity contribution in [2.75, 3.05) is 25.1 Å². The number of halogens is 3. The summed E-state index contributed by atoms with van der Waals surface area (Å²) in [6.07, 6.45) is -2.69. The minimum atomic E-state index is -4.23. The lowest BCUT2D eigenvalue weighted by Crippen LogP contribution is -2.18. The number of hydrogen-bond acceptors (Lipinski definition) is 2. The third-order valence-electron chi connectivity index (χ3n) is 2.42. The van der Waals surface area contributed by atoms with E-state index in [0.29, 0.717) is 13.0 Å². The van der Waals surface area contributed by atoms with Crippen molar-refractivity contribution in [2.24, 2.45) is 0 Å². The normalized spacial score (nSPS) is 11.6. The Balaban J connectivity index is 2.10. The van der Waals surface area contributed by atoms with Crippen molar-refractivity contribution in [1.82, 2.24) is 0 Å². The fraction of sp³-hybridized carbons (Fsp3) is 0.538. The van der Waals surface area contributed by atoms with Crippen LogP contribution in [0.1, 0.15) is 18.9 Å². The molecular formula is C13H18F3NO. The number of aryl methyl sites for hydroxylation is 1. The van der Waals surface area contributed by atoms with Crippen LogP contribution >= 0.6 is 0 Å². The zero-order valence-electron chi connectivity index (χ0n) is 10.4. The molecule has 0 saturated heterocycles. The molecule has 102 valence electrons. The second kappa shape index (κ2) is 7.26. The van der Waals surface area contributed by atoms with Crippen molar-refractivity contribution >= 4 is 5.69 Å². The van der Waals surface area contributed by atoms with E-state index in [1.165, 1.54) is 5.56 Å². The molecule has 0 heterocycles. The van der Waals surface area contributed by atoms with Crippen LogP contribution in [0.15, 0.2) is 24.3 Å². The summed E-state index contributed by atoms with van der Waals surface area (Å²) in [7, 11) is 0. The Bertz CT molecular complexity index is 335.